The summed E-state index contributed by atoms with van der Waals surface area (Å²) in [4.78, 5) is 4.06. The van der Waals surface area contributed by atoms with Gasteiger partial charge < -0.3 is 9.47 Å². The molecule has 0 aliphatic rings. The Morgan fingerprint density at radius 3 is 2.82 bits per heavy atom. The average molecular weight is 297 g/mol. The van der Waals surface area contributed by atoms with E-state index in [1.54, 1.807) is 25.4 Å². The molecule has 112 valence electrons. The topological polar surface area (TPSA) is 31.4 Å². The number of methoxy groups -OCH3 is 1. The lowest BCUT2D eigenvalue weighted by molar-refractivity contribution is 0.325. The summed E-state index contributed by atoms with van der Waals surface area (Å²) in [5.74, 6) is 1.14. The van der Waals surface area contributed by atoms with Crippen molar-refractivity contribution in [2.45, 2.75) is 6.42 Å². The van der Waals surface area contributed by atoms with Gasteiger partial charge in [-0.15, -0.1) is 0 Å². The molecule has 0 fully saturated rings. The molecule has 0 N–H and O–H groups in total. The summed E-state index contributed by atoms with van der Waals surface area (Å²) in [7, 11) is 1.65. The Kier molecular flexibility index (Phi) is 4.19. The summed E-state index contributed by atoms with van der Waals surface area (Å²) in [5.41, 5.74) is 1.46. The fraction of sp³-hybridized carbons (Fsp3) is 0.167. The van der Waals surface area contributed by atoms with Gasteiger partial charge in [0.25, 0.3) is 0 Å². The summed E-state index contributed by atoms with van der Waals surface area (Å²) in [6.45, 7) is 0.503. The number of para-hydroxylation sites is 1. The zero-order chi connectivity index (χ0) is 15.4. The highest BCUT2D eigenvalue weighted by atomic mass is 19.1. The van der Waals surface area contributed by atoms with Crippen molar-refractivity contribution >= 4 is 10.9 Å². The van der Waals surface area contributed by atoms with Gasteiger partial charge in [-0.05, 0) is 35.9 Å². The molecule has 0 aliphatic carbocycles. The summed E-state index contributed by atoms with van der Waals surface area (Å²) in [5, 5.41) is 0.688. The molecule has 0 saturated heterocycles. The largest absolute Gasteiger partial charge is 0.497 e. The number of halogens is 1. The Morgan fingerprint density at radius 2 is 1.95 bits per heavy atom. The van der Waals surface area contributed by atoms with Gasteiger partial charge in [0.15, 0.2) is 0 Å². The van der Waals surface area contributed by atoms with Gasteiger partial charge in [0.05, 0.1) is 13.7 Å². The summed E-state index contributed by atoms with van der Waals surface area (Å²) in [6.07, 6.45) is 2.31. The van der Waals surface area contributed by atoms with Crippen LogP contribution < -0.4 is 9.47 Å². The Morgan fingerprint density at radius 1 is 1.09 bits per heavy atom. The lowest BCUT2D eigenvalue weighted by Gasteiger charge is -2.10. The van der Waals surface area contributed by atoms with Crippen LogP contribution >= 0.6 is 0 Å². The predicted octanol–water partition coefficient (Wildman–Crippen LogP) is 4.00. The van der Waals surface area contributed by atoms with E-state index >= 15 is 0 Å². The minimum atomic E-state index is -0.337. The lowest BCUT2D eigenvalue weighted by atomic mass is 10.1. The van der Waals surface area contributed by atoms with Crippen molar-refractivity contribution in [2.75, 3.05) is 13.7 Å². The molecule has 4 heteroatoms. The quantitative estimate of drug-likeness (QED) is 0.713. The second kappa shape index (κ2) is 6.43. The van der Waals surface area contributed by atoms with Gasteiger partial charge in [-0.25, -0.2) is 4.39 Å². The fourth-order valence-corrected chi connectivity index (χ4v) is 2.35. The van der Waals surface area contributed by atoms with Gasteiger partial charge in [0, 0.05) is 18.0 Å². The van der Waals surface area contributed by atoms with E-state index in [4.69, 9.17) is 9.47 Å². The molecule has 3 nitrogen and oxygen atoms in total. The molecule has 0 spiro atoms. The Bertz CT molecular complexity index is 789. The van der Waals surface area contributed by atoms with Crippen LogP contribution in [0.1, 0.15) is 5.56 Å². The molecule has 0 atom stereocenters. The smallest absolute Gasteiger partial charge is 0.149 e. The molecule has 0 amide bonds. The summed E-state index contributed by atoms with van der Waals surface area (Å²) < 4.78 is 24.7. The SMILES string of the molecule is COc1cccc(CCOc2ccnc3c(F)cccc23)c1. The molecule has 0 radical (unpaired) electrons. The number of pyridine rings is 1. The average Bonchev–Trinajstić information content (AvgIpc) is 2.56. The third-order valence-corrected chi connectivity index (χ3v) is 3.46. The van der Waals surface area contributed by atoms with Gasteiger partial charge in [0.2, 0.25) is 0 Å². The van der Waals surface area contributed by atoms with E-state index in [2.05, 4.69) is 4.98 Å². The number of aromatic nitrogens is 1. The lowest BCUT2D eigenvalue weighted by Crippen LogP contribution is -2.02. The predicted molar refractivity (Wildman–Crippen MR) is 83.9 cm³/mol. The first-order chi connectivity index (χ1) is 10.8. The Labute approximate surface area is 128 Å². The number of benzene rings is 2. The van der Waals surface area contributed by atoms with E-state index in [9.17, 15) is 4.39 Å². The minimum Gasteiger partial charge on any atom is -0.497 e. The third kappa shape index (κ3) is 3.01. The van der Waals surface area contributed by atoms with Crippen LogP contribution in [0, 0.1) is 5.82 Å². The Balaban J connectivity index is 1.73. The summed E-state index contributed by atoms with van der Waals surface area (Å²) in [6, 6.07) is 14.5. The van der Waals surface area contributed by atoms with Crippen LogP contribution in [0.15, 0.2) is 54.7 Å². The van der Waals surface area contributed by atoms with Crippen molar-refractivity contribution in [3.8, 4) is 11.5 Å². The van der Waals surface area contributed by atoms with Crippen LogP contribution in [0.3, 0.4) is 0 Å². The van der Waals surface area contributed by atoms with E-state index in [0.717, 1.165) is 17.7 Å². The van der Waals surface area contributed by atoms with E-state index < -0.39 is 0 Å². The molecule has 22 heavy (non-hydrogen) atoms. The molecule has 0 saturated carbocycles. The third-order valence-electron chi connectivity index (χ3n) is 3.46. The maximum Gasteiger partial charge on any atom is 0.149 e. The molecular formula is C18H16FNO2. The normalized spacial score (nSPS) is 10.6. The van der Waals surface area contributed by atoms with Crippen molar-refractivity contribution in [1.29, 1.82) is 0 Å². The van der Waals surface area contributed by atoms with Gasteiger partial charge in [-0.3, -0.25) is 4.98 Å². The zero-order valence-electron chi connectivity index (χ0n) is 12.3. The Hall–Kier alpha value is -2.62. The number of rotatable bonds is 5. The highest BCUT2D eigenvalue weighted by Crippen LogP contribution is 2.25. The molecule has 0 unspecified atom stereocenters. The van der Waals surface area contributed by atoms with Crippen molar-refractivity contribution in [3.63, 3.8) is 0 Å². The molecule has 1 aromatic heterocycles. The second-order valence-electron chi connectivity index (χ2n) is 4.90. The first-order valence-corrected chi connectivity index (χ1v) is 7.07. The maximum atomic E-state index is 13.7. The van der Waals surface area contributed by atoms with Crippen LogP contribution in [-0.2, 0) is 6.42 Å². The number of hydrogen-bond acceptors (Lipinski definition) is 3. The number of hydrogen-bond donors (Lipinski definition) is 0. The monoisotopic (exact) mass is 297 g/mol. The first-order valence-electron chi connectivity index (χ1n) is 7.07. The molecule has 3 rings (SSSR count). The first kappa shape index (κ1) is 14.3. The molecule has 2 aromatic carbocycles. The van der Waals surface area contributed by atoms with Crippen LogP contribution in [0.2, 0.25) is 0 Å². The standard InChI is InChI=1S/C18H16FNO2/c1-21-14-5-2-4-13(12-14)9-11-22-17-8-10-20-18-15(17)6-3-7-16(18)19/h2-8,10,12H,9,11H2,1H3. The van der Waals surface area contributed by atoms with Crippen molar-refractivity contribution in [3.05, 3.63) is 66.1 Å². The van der Waals surface area contributed by atoms with Gasteiger partial charge in [-0.1, -0.05) is 18.2 Å². The molecular weight excluding hydrogens is 281 g/mol. The van der Waals surface area contributed by atoms with E-state index in [0.29, 0.717) is 23.3 Å². The summed E-state index contributed by atoms with van der Waals surface area (Å²) >= 11 is 0. The second-order valence-corrected chi connectivity index (χ2v) is 4.90. The van der Waals surface area contributed by atoms with Crippen LogP contribution in [0.25, 0.3) is 10.9 Å². The van der Waals surface area contributed by atoms with Crippen LogP contribution in [-0.4, -0.2) is 18.7 Å². The molecule has 3 aromatic rings. The van der Waals surface area contributed by atoms with Gasteiger partial charge in [0.1, 0.15) is 22.8 Å². The molecule has 0 aliphatic heterocycles. The van der Waals surface area contributed by atoms with Gasteiger partial charge >= 0.3 is 0 Å². The van der Waals surface area contributed by atoms with E-state index in [1.807, 2.05) is 30.3 Å². The number of nitrogens with zero attached hydrogens (tertiary/aromatic N) is 1. The molecule has 0 bridgehead atoms. The van der Waals surface area contributed by atoms with Gasteiger partial charge in [-0.2, -0.15) is 0 Å². The number of fused-ring (bicyclic) bond motifs is 1. The van der Waals surface area contributed by atoms with Crippen LogP contribution in [0.4, 0.5) is 4.39 Å². The minimum absolute atomic E-state index is 0.335. The van der Waals surface area contributed by atoms with E-state index in [1.165, 1.54) is 6.07 Å². The van der Waals surface area contributed by atoms with Crippen molar-refractivity contribution < 1.29 is 13.9 Å². The van der Waals surface area contributed by atoms with Crippen LogP contribution in [0.5, 0.6) is 11.5 Å². The fourth-order valence-electron chi connectivity index (χ4n) is 2.35. The maximum absolute atomic E-state index is 13.7. The zero-order valence-corrected chi connectivity index (χ0v) is 12.3. The van der Waals surface area contributed by atoms with Crippen molar-refractivity contribution in [2.24, 2.45) is 0 Å². The highest BCUT2D eigenvalue weighted by molar-refractivity contribution is 5.85. The van der Waals surface area contributed by atoms with E-state index in [-0.39, 0.29) is 5.82 Å². The van der Waals surface area contributed by atoms with Crippen molar-refractivity contribution in [1.82, 2.24) is 4.98 Å². The number of ether oxygens (including phenoxy) is 2. The molecule has 1 heterocycles. The highest BCUT2D eigenvalue weighted by Gasteiger charge is 2.07.